The van der Waals surface area contributed by atoms with Crippen LogP contribution in [0.4, 0.5) is 4.79 Å². The normalized spacial score (nSPS) is 19.9. The maximum atomic E-state index is 10.9. The zero-order valence-corrected chi connectivity index (χ0v) is 9.85. The van der Waals surface area contributed by atoms with Crippen molar-refractivity contribution in [2.75, 3.05) is 13.2 Å². The molecule has 0 unspecified atom stereocenters. The highest BCUT2D eigenvalue weighted by Gasteiger charge is 2.31. The number of nitrogens with one attached hydrogen (secondary N) is 1. The van der Waals surface area contributed by atoms with Crippen molar-refractivity contribution in [3.05, 3.63) is 21.1 Å². The second-order valence-corrected chi connectivity index (χ2v) is 4.90. The van der Waals surface area contributed by atoms with Crippen LogP contribution in [0.1, 0.15) is 5.69 Å². The fraction of sp³-hybridized carbons (Fsp3) is 0.333. The number of aliphatic hydroxyl groups excluding tert-OH is 1. The van der Waals surface area contributed by atoms with Crippen molar-refractivity contribution in [1.29, 1.82) is 0 Å². The second-order valence-electron chi connectivity index (χ2n) is 3.35. The molecule has 1 aromatic rings. The molecule has 0 aliphatic carbocycles. The Balaban J connectivity index is 2.30. The molecule has 5 nitrogen and oxygen atoms in total. The Morgan fingerprint density at radius 1 is 1.75 bits per heavy atom. The average molecular weight is 258 g/mol. The Kier molecular flexibility index (Phi) is 3.08. The van der Waals surface area contributed by atoms with Gasteiger partial charge in [-0.05, 0) is 17.8 Å². The summed E-state index contributed by atoms with van der Waals surface area (Å²) >= 11 is 6.35. The molecule has 1 aliphatic rings. The monoisotopic (exact) mass is 258 g/mol. The Morgan fingerprint density at radius 2 is 2.50 bits per heavy atom. The number of carboxylic acid groups (broad SMARTS) is 1. The van der Waals surface area contributed by atoms with Gasteiger partial charge in [0.15, 0.2) is 3.95 Å². The molecule has 16 heavy (non-hydrogen) atoms. The van der Waals surface area contributed by atoms with Crippen LogP contribution in [0.25, 0.3) is 5.57 Å². The summed E-state index contributed by atoms with van der Waals surface area (Å²) in [6, 6.07) is -0.502. The minimum Gasteiger partial charge on any atom is -0.465 e. The quantitative estimate of drug-likeness (QED) is 0.703. The molecular formula is C9H10N2O3S2. The molecule has 86 valence electrons. The number of rotatable bonds is 2. The van der Waals surface area contributed by atoms with E-state index in [4.69, 9.17) is 17.3 Å². The van der Waals surface area contributed by atoms with E-state index in [0.717, 1.165) is 11.3 Å². The van der Waals surface area contributed by atoms with Gasteiger partial charge in [-0.15, -0.1) is 11.3 Å². The van der Waals surface area contributed by atoms with Crippen molar-refractivity contribution in [3.8, 4) is 0 Å². The molecule has 2 rings (SSSR count). The predicted octanol–water partition coefficient (Wildman–Crippen LogP) is 1.54. The van der Waals surface area contributed by atoms with E-state index < -0.39 is 12.1 Å². The molecule has 1 aliphatic heterocycles. The first-order valence-electron chi connectivity index (χ1n) is 4.62. The summed E-state index contributed by atoms with van der Waals surface area (Å²) in [6.07, 6.45) is 0.765. The Hall–Kier alpha value is -1.18. The van der Waals surface area contributed by atoms with Crippen LogP contribution in [0.15, 0.2) is 11.5 Å². The smallest absolute Gasteiger partial charge is 0.408 e. The minimum atomic E-state index is -1.03. The maximum Gasteiger partial charge on any atom is 0.408 e. The Labute approximate surface area is 101 Å². The van der Waals surface area contributed by atoms with E-state index in [0.29, 0.717) is 10.5 Å². The lowest BCUT2D eigenvalue weighted by Crippen LogP contribution is -2.38. The summed E-state index contributed by atoms with van der Waals surface area (Å²) in [5.74, 6) is 0. The van der Waals surface area contributed by atoms with Crippen molar-refractivity contribution in [2.45, 2.75) is 6.04 Å². The van der Waals surface area contributed by atoms with Crippen LogP contribution in [0, 0.1) is 3.95 Å². The van der Waals surface area contributed by atoms with Gasteiger partial charge in [-0.25, -0.2) is 4.79 Å². The molecule has 0 radical (unpaired) electrons. The third kappa shape index (κ3) is 1.89. The molecule has 0 spiro atoms. The van der Waals surface area contributed by atoms with Gasteiger partial charge in [0.25, 0.3) is 0 Å². The number of thiazole rings is 1. The lowest BCUT2D eigenvalue weighted by atomic mass is 10.1. The molecule has 2 heterocycles. The third-order valence-electron chi connectivity index (χ3n) is 2.49. The first kappa shape index (κ1) is 11.3. The molecule has 0 saturated carbocycles. The number of aromatic nitrogens is 1. The van der Waals surface area contributed by atoms with E-state index in [1.165, 1.54) is 16.2 Å². The van der Waals surface area contributed by atoms with Crippen LogP contribution >= 0.6 is 23.6 Å². The van der Waals surface area contributed by atoms with E-state index in [9.17, 15) is 9.90 Å². The Bertz CT molecular complexity index is 491. The van der Waals surface area contributed by atoms with Crippen molar-refractivity contribution in [1.82, 2.24) is 9.88 Å². The molecule has 1 atom stereocenters. The number of aliphatic hydroxyl groups is 1. The van der Waals surface area contributed by atoms with Crippen molar-refractivity contribution < 1.29 is 15.0 Å². The summed E-state index contributed by atoms with van der Waals surface area (Å²) in [5, 5.41) is 20.0. The molecule has 0 saturated heterocycles. The van der Waals surface area contributed by atoms with E-state index >= 15 is 0 Å². The summed E-state index contributed by atoms with van der Waals surface area (Å²) in [6.45, 7) is 0.0704. The molecule has 1 aromatic heterocycles. The van der Waals surface area contributed by atoms with Crippen LogP contribution in [0.5, 0.6) is 0 Å². The number of nitrogens with zero attached hydrogens (tertiary/aromatic N) is 1. The number of H-pyrrole nitrogens is 1. The number of amides is 1. The van der Waals surface area contributed by atoms with E-state index in [1.54, 1.807) is 6.08 Å². The largest absolute Gasteiger partial charge is 0.465 e. The van der Waals surface area contributed by atoms with Gasteiger partial charge in [-0.1, -0.05) is 6.08 Å². The summed E-state index contributed by atoms with van der Waals surface area (Å²) in [4.78, 5) is 15.1. The highest BCUT2D eigenvalue weighted by molar-refractivity contribution is 7.73. The highest BCUT2D eigenvalue weighted by atomic mass is 32.1. The molecule has 1 amide bonds. The molecule has 7 heteroatoms. The van der Waals surface area contributed by atoms with Crippen molar-refractivity contribution >= 4 is 35.2 Å². The maximum absolute atomic E-state index is 10.9. The second kappa shape index (κ2) is 4.36. The van der Waals surface area contributed by atoms with Crippen molar-refractivity contribution in [2.24, 2.45) is 0 Å². The van der Waals surface area contributed by atoms with Gasteiger partial charge in [0, 0.05) is 11.9 Å². The van der Waals surface area contributed by atoms with Crippen molar-refractivity contribution in [3.63, 3.8) is 0 Å². The number of hydrogen-bond acceptors (Lipinski definition) is 4. The van der Waals surface area contributed by atoms with Gasteiger partial charge in [-0.2, -0.15) is 0 Å². The predicted molar refractivity (Wildman–Crippen MR) is 63.1 cm³/mol. The van der Waals surface area contributed by atoms with Gasteiger partial charge in [0.1, 0.15) is 0 Å². The van der Waals surface area contributed by atoms with E-state index in [2.05, 4.69) is 4.98 Å². The molecule has 0 bridgehead atoms. The van der Waals surface area contributed by atoms with Gasteiger partial charge in [-0.3, -0.25) is 4.90 Å². The fourth-order valence-corrected chi connectivity index (χ4v) is 2.59. The highest BCUT2D eigenvalue weighted by Crippen LogP contribution is 2.27. The standard InChI is InChI=1S/C9H10N2O3S2/c12-3-7-5(1-2-11(7)9(13)14)6-4-16-8(15)10-6/h1,4,7,12H,2-3H2,(H,10,15)(H,13,14)/t7-/m0/s1. The third-order valence-corrected chi connectivity index (χ3v) is 3.55. The average Bonchev–Trinajstić information content (AvgIpc) is 2.82. The van der Waals surface area contributed by atoms with Crippen LogP contribution in [-0.4, -0.2) is 45.4 Å². The van der Waals surface area contributed by atoms with Crippen LogP contribution in [0.3, 0.4) is 0 Å². The van der Waals surface area contributed by atoms with Crippen LogP contribution in [0.2, 0.25) is 0 Å². The zero-order valence-electron chi connectivity index (χ0n) is 8.21. The minimum absolute atomic E-state index is 0.228. The summed E-state index contributed by atoms with van der Waals surface area (Å²) in [5.41, 5.74) is 1.58. The zero-order chi connectivity index (χ0) is 11.7. The van der Waals surface area contributed by atoms with Gasteiger partial charge in [0.2, 0.25) is 0 Å². The van der Waals surface area contributed by atoms with Gasteiger partial charge < -0.3 is 15.2 Å². The molecular weight excluding hydrogens is 248 g/mol. The van der Waals surface area contributed by atoms with Crippen LogP contribution < -0.4 is 0 Å². The first-order chi connectivity index (χ1) is 7.63. The molecule has 3 N–H and O–H groups in total. The van der Waals surface area contributed by atoms with Gasteiger partial charge in [0.05, 0.1) is 18.3 Å². The molecule has 0 fully saturated rings. The van der Waals surface area contributed by atoms with E-state index in [-0.39, 0.29) is 6.61 Å². The lowest BCUT2D eigenvalue weighted by Gasteiger charge is -2.21. The lowest BCUT2D eigenvalue weighted by molar-refractivity contribution is 0.127. The first-order valence-corrected chi connectivity index (χ1v) is 5.91. The van der Waals surface area contributed by atoms with Gasteiger partial charge >= 0.3 is 6.09 Å². The molecule has 0 aromatic carbocycles. The number of hydrogen-bond donors (Lipinski definition) is 3. The Morgan fingerprint density at radius 3 is 3.00 bits per heavy atom. The number of carbonyl (C=O) groups is 1. The topological polar surface area (TPSA) is 76.6 Å². The summed E-state index contributed by atoms with van der Waals surface area (Å²) < 4.78 is 0.640. The van der Waals surface area contributed by atoms with E-state index in [1.807, 2.05) is 5.38 Å². The van der Waals surface area contributed by atoms with Crippen LogP contribution in [-0.2, 0) is 0 Å². The fourth-order valence-electron chi connectivity index (χ4n) is 1.75. The number of aromatic amines is 1. The summed E-state index contributed by atoms with van der Waals surface area (Å²) in [7, 11) is 0. The SMILES string of the molecule is O=C(O)N1CC=C(c2csc(=S)[nH]2)[C@@H]1CO.